The molecule has 1 aromatic carbocycles. The Balaban J connectivity index is 0.00000288. The van der Waals surface area contributed by atoms with Crippen molar-refractivity contribution in [2.45, 2.75) is 25.4 Å². The van der Waals surface area contributed by atoms with E-state index < -0.39 is 10.9 Å². The van der Waals surface area contributed by atoms with Crippen molar-refractivity contribution in [3.63, 3.8) is 0 Å². The van der Waals surface area contributed by atoms with E-state index >= 15 is 0 Å². The van der Waals surface area contributed by atoms with E-state index in [0.29, 0.717) is 6.54 Å². The van der Waals surface area contributed by atoms with Gasteiger partial charge in [-0.2, -0.15) is 0 Å². The van der Waals surface area contributed by atoms with Crippen molar-refractivity contribution in [2.75, 3.05) is 26.8 Å². The Kier molecular flexibility index (Phi) is 7.90. The molecular weight excluding hydrogens is 338 g/mol. The van der Waals surface area contributed by atoms with E-state index in [9.17, 15) is 14.9 Å². The van der Waals surface area contributed by atoms with Crippen LogP contribution in [0.3, 0.4) is 0 Å². The van der Waals surface area contributed by atoms with Crippen LogP contribution in [0, 0.1) is 10.1 Å². The molecule has 1 fully saturated rings. The summed E-state index contributed by atoms with van der Waals surface area (Å²) in [5.41, 5.74) is 6.60. The van der Waals surface area contributed by atoms with Crippen LogP contribution in [0.1, 0.15) is 18.4 Å². The van der Waals surface area contributed by atoms with Crippen LogP contribution in [0.15, 0.2) is 18.2 Å². The van der Waals surface area contributed by atoms with Crippen LogP contribution in [0.4, 0.5) is 5.69 Å². The Morgan fingerprint density at radius 1 is 1.50 bits per heavy atom. The summed E-state index contributed by atoms with van der Waals surface area (Å²) in [4.78, 5) is 24.0. The van der Waals surface area contributed by atoms with Crippen LogP contribution < -0.4 is 10.5 Å². The number of carbonyl (C=O) groups is 1. The van der Waals surface area contributed by atoms with Crippen LogP contribution in [0.25, 0.3) is 0 Å². The number of nitrogens with two attached hydrogens (primary N) is 1. The summed E-state index contributed by atoms with van der Waals surface area (Å²) in [5.74, 6) is -0.537. The number of carbonyl (C=O) groups excluding carboxylic acids is 1. The first-order valence-corrected chi connectivity index (χ1v) is 7.44. The molecule has 0 radical (unpaired) electrons. The Labute approximate surface area is 146 Å². The summed E-state index contributed by atoms with van der Waals surface area (Å²) in [5, 5.41) is 11.2. The number of ether oxygens (including phenoxy) is 2. The zero-order chi connectivity index (χ0) is 16.8. The fourth-order valence-corrected chi connectivity index (χ4v) is 2.61. The highest BCUT2D eigenvalue weighted by molar-refractivity contribution is 5.85. The maximum absolute atomic E-state index is 11.2. The van der Waals surface area contributed by atoms with Crippen molar-refractivity contribution in [3.05, 3.63) is 33.9 Å². The molecule has 2 rings (SSSR count). The fourth-order valence-electron chi connectivity index (χ4n) is 2.61. The zero-order valence-corrected chi connectivity index (χ0v) is 14.3. The van der Waals surface area contributed by atoms with Crippen molar-refractivity contribution in [1.82, 2.24) is 4.90 Å². The standard InChI is InChI=1S/C15H21N3O5.ClH/c1-22-15(19)10-23-14-5-4-11(7-13(14)18(20)21)8-17-6-2-3-12(16)9-17;/h4-5,7,12H,2-3,6,8-10,16H2,1H3;1H. The Morgan fingerprint density at radius 2 is 2.25 bits per heavy atom. The van der Waals surface area contributed by atoms with Gasteiger partial charge in [0.1, 0.15) is 0 Å². The molecule has 0 bridgehead atoms. The molecule has 1 aromatic rings. The highest BCUT2D eigenvalue weighted by Crippen LogP contribution is 2.28. The van der Waals surface area contributed by atoms with Crippen molar-refractivity contribution in [1.29, 1.82) is 0 Å². The van der Waals surface area contributed by atoms with Gasteiger partial charge >= 0.3 is 11.7 Å². The lowest BCUT2D eigenvalue weighted by molar-refractivity contribution is -0.385. The van der Waals surface area contributed by atoms with Gasteiger partial charge in [0, 0.05) is 25.2 Å². The maximum Gasteiger partial charge on any atom is 0.343 e. The molecule has 1 saturated heterocycles. The van der Waals surface area contributed by atoms with Crippen molar-refractivity contribution >= 4 is 24.1 Å². The predicted molar refractivity (Wildman–Crippen MR) is 90.3 cm³/mol. The molecular formula is C15H22ClN3O5. The minimum Gasteiger partial charge on any atom is -0.475 e. The molecule has 2 N–H and O–H groups in total. The number of benzene rings is 1. The monoisotopic (exact) mass is 359 g/mol. The van der Waals surface area contributed by atoms with Gasteiger partial charge < -0.3 is 15.2 Å². The molecule has 1 aliphatic rings. The summed E-state index contributed by atoms with van der Waals surface area (Å²) in [6, 6.07) is 4.91. The first-order chi connectivity index (χ1) is 11.0. The maximum atomic E-state index is 11.2. The van der Waals surface area contributed by atoms with Crippen LogP contribution in [0.5, 0.6) is 5.75 Å². The van der Waals surface area contributed by atoms with Gasteiger partial charge in [-0.25, -0.2) is 4.79 Å². The summed E-state index contributed by atoms with van der Waals surface area (Å²) in [7, 11) is 1.23. The number of nitro groups is 1. The van der Waals surface area contributed by atoms with Gasteiger partial charge in [-0.15, -0.1) is 12.4 Å². The van der Waals surface area contributed by atoms with Gasteiger partial charge in [-0.3, -0.25) is 15.0 Å². The summed E-state index contributed by atoms with van der Waals surface area (Å²) in [6.07, 6.45) is 2.04. The predicted octanol–water partition coefficient (Wildman–Crippen LogP) is 1.49. The van der Waals surface area contributed by atoms with Gasteiger partial charge in [0.05, 0.1) is 12.0 Å². The fraction of sp³-hybridized carbons (Fsp3) is 0.533. The zero-order valence-electron chi connectivity index (χ0n) is 13.5. The molecule has 134 valence electrons. The van der Waals surface area contributed by atoms with Gasteiger partial charge in [-0.05, 0) is 31.0 Å². The first-order valence-electron chi connectivity index (χ1n) is 7.44. The highest BCUT2D eigenvalue weighted by atomic mass is 35.5. The lowest BCUT2D eigenvalue weighted by Crippen LogP contribution is -2.42. The average molecular weight is 360 g/mol. The molecule has 1 heterocycles. The number of piperidine rings is 1. The van der Waals surface area contributed by atoms with Gasteiger partial charge in [0.15, 0.2) is 12.4 Å². The van der Waals surface area contributed by atoms with E-state index in [-0.39, 0.29) is 36.5 Å². The van der Waals surface area contributed by atoms with E-state index in [1.807, 2.05) is 0 Å². The number of likely N-dealkylation sites (tertiary alicyclic amines) is 1. The topological polar surface area (TPSA) is 108 Å². The number of nitrogens with zero attached hydrogens (tertiary/aromatic N) is 2. The number of hydrogen-bond donors (Lipinski definition) is 1. The molecule has 0 amide bonds. The average Bonchev–Trinajstić information content (AvgIpc) is 2.53. The SMILES string of the molecule is COC(=O)COc1ccc(CN2CCCC(N)C2)cc1[N+](=O)[O-].Cl. The Hall–Kier alpha value is -1.90. The van der Waals surface area contributed by atoms with Gasteiger partial charge in [-0.1, -0.05) is 6.07 Å². The number of hydrogen-bond acceptors (Lipinski definition) is 7. The molecule has 0 spiro atoms. The molecule has 8 nitrogen and oxygen atoms in total. The summed E-state index contributed by atoms with van der Waals surface area (Å²) < 4.78 is 9.62. The molecule has 1 atom stereocenters. The van der Waals surface area contributed by atoms with E-state index in [4.69, 9.17) is 10.5 Å². The molecule has 9 heteroatoms. The van der Waals surface area contributed by atoms with E-state index in [1.54, 1.807) is 6.07 Å². The van der Waals surface area contributed by atoms with Crippen molar-refractivity contribution < 1.29 is 19.2 Å². The largest absolute Gasteiger partial charge is 0.475 e. The van der Waals surface area contributed by atoms with E-state index in [1.165, 1.54) is 19.2 Å². The number of esters is 1. The van der Waals surface area contributed by atoms with Gasteiger partial charge in [0.2, 0.25) is 0 Å². The lowest BCUT2D eigenvalue weighted by atomic mass is 10.1. The quantitative estimate of drug-likeness (QED) is 0.465. The second-order valence-corrected chi connectivity index (χ2v) is 5.56. The smallest absolute Gasteiger partial charge is 0.343 e. The molecule has 1 unspecified atom stereocenters. The summed E-state index contributed by atoms with van der Waals surface area (Å²) >= 11 is 0. The third-order valence-corrected chi connectivity index (χ3v) is 3.74. The van der Waals surface area contributed by atoms with Crippen LogP contribution >= 0.6 is 12.4 Å². The third-order valence-electron chi connectivity index (χ3n) is 3.74. The minimum absolute atomic E-state index is 0. The molecule has 24 heavy (non-hydrogen) atoms. The number of halogens is 1. The highest BCUT2D eigenvalue weighted by Gasteiger charge is 2.20. The Bertz CT molecular complexity index is 584. The second kappa shape index (κ2) is 9.41. The number of rotatable bonds is 6. The van der Waals surface area contributed by atoms with E-state index in [0.717, 1.165) is 31.5 Å². The second-order valence-electron chi connectivity index (χ2n) is 5.56. The Morgan fingerprint density at radius 3 is 2.88 bits per heavy atom. The van der Waals surface area contributed by atoms with Crippen LogP contribution in [0.2, 0.25) is 0 Å². The summed E-state index contributed by atoms with van der Waals surface area (Å²) in [6.45, 7) is 1.96. The number of nitro benzene ring substituents is 1. The van der Waals surface area contributed by atoms with Crippen LogP contribution in [-0.2, 0) is 16.1 Å². The molecule has 0 aliphatic carbocycles. The normalized spacial score (nSPS) is 17.7. The minimum atomic E-state index is -0.592. The van der Waals surface area contributed by atoms with Gasteiger partial charge in [0.25, 0.3) is 0 Å². The van der Waals surface area contributed by atoms with Crippen molar-refractivity contribution in [2.24, 2.45) is 5.73 Å². The lowest BCUT2D eigenvalue weighted by Gasteiger charge is -2.30. The number of methoxy groups -OCH3 is 1. The van der Waals surface area contributed by atoms with E-state index in [2.05, 4.69) is 9.64 Å². The van der Waals surface area contributed by atoms with Crippen molar-refractivity contribution in [3.8, 4) is 5.75 Å². The molecule has 0 aromatic heterocycles. The third kappa shape index (κ3) is 5.63. The molecule has 1 aliphatic heterocycles. The molecule has 0 saturated carbocycles. The van der Waals surface area contributed by atoms with Crippen LogP contribution in [-0.4, -0.2) is 48.6 Å². The first kappa shape index (κ1) is 20.1.